The van der Waals surface area contributed by atoms with Crippen molar-refractivity contribution in [3.8, 4) is 0 Å². The second-order valence-corrected chi connectivity index (χ2v) is 5.88. The van der Waals surface area contributed by atoms with E-state index < -0.39 is 0 Å². The van der Waals surface area contributed by atoms with E-state index in [1.165, 1.54) is 4.88 Å². The van der Waals surface area contributed by atoms with Gasteiger partial charge in [-0.25, -0.2) is 0 Å². The second kappa shape index (κ2) is 4.95. The van der Waals surface area contributed by atoms with Gasteiger partial charge in [0.15, 0.2) is 0 Å². The van der Waals surface area contributed by atoms with Gasteiger partial charge in [0.1, 0.15) is 0 Å². The van der Waals surface area contributed by atoms with Gasteiger partial charge in [-0.1, -0.05) is 0 Å². The molecule has 4 heteroatoms. The zero-order valence-electron chi connectivity index (χ0n) is 8.65. The van der Waals surface area contributed by atoms with Crippen LogP contribution in [0.2, 0.25) is 0 Å². The molecule has 3 atom stereocenters. The van der Waals surface area contributed by atoms with Crippen LogP contribution in [0, 0.1) is 0 Å². The predicted molar refractivity (Wildman–Crippen MR) is 65.3 cm³/mol. The topological polar surface area (TPSA) is 29.5 Å². The molecule has 1 aliphatic rings. The van der Waals surface area contributed by atoms with E-state index in [0.29, 0.717) is 12.5 Å². The molecule has 0 saturated carbocycles. The lowest BCUT2D eigenvalue weighted by Gasteiger charge is -2.17. The van der Waals surface area contributed by atoms with Gasteiger partial charge in [0.25, 0.3) is 0 Å². The molecule has 2 heterocycles. The second-order valence-electron chi connectivity index (χ2n) is 4.03. The molecule has 1 N–H and O–H groups in total. The highest BCUT2D eigenvalue weighted by Gasteiger charge is 2.28. The lowest BCUT2D eigenvalue weighted by atomic mass is 10.1. The Hall–Kier alpha value is 0.1000. The molecule has 1 saturated heterocycles. The van der Waals surface area contributed by atoms with Crippen molar-refractivity contribution in [3.63, 3.8) is 0 Å². The number of aliphatic hydroxyl groups excluding tert-OH is 1. The number of thiophene rings is 1. The van der Waals surface area contributed by atoms with E-state index >= 15 is 0 Å². The first kappa shape index (κ1) is 11.6. The normalized spacial score (nSPS) is 28.2. The van der Waals surface area contributed by atoms with Crippen LogP contribution in [0.25, 0.3) is 0 Å². The largest absolute Gasteiger partial charge is 0.390 e. The Bertz CT molecular complexity index is 326. The van der Waals surface area contributed by atoms with E-state index in [-0.39, 0.29) is 12.2 Å². The van der Waals surface area contributed by atoms with E-state index in [1.807, 2.05) is 11.4 Å². The fourth-order valence-corrected chi connectivity index (χ4v) is 3.47. The highest BCUT2D eigenvalue weighted by Crippen LogP contribution is 2.28. The third-order valence-electron chi connectivity index (χ3n) is 2.78. The molecule has 1 aromatic heterocycles. The third kappa shape index (κ3) is 2.81. The first-order valence-corrected chi connectivity index (χ1v) is 6.89. The van der Waals surface area contributed by atoms with Crippen molar-refractivity contribution in [1.29, 1.82) is 0 Å². The number of rotatable bonds is 3. The molecule has 1 fully saturated rings. The molecule has 3 unspecified atom stereocenters. The Balaban J connectivity index is 1.92. The number of ether oxygens (including phenoxy) is 1. The molecule has 1 aliphatic heterocycles. The van der Waals surface area contributed by atoms with E-state index in [9.17, 15) is 5.11 Å². The summed E-state index contributed by atoms with van der Waals surface area (Å²) in [7, 11) is 0. The van der Waals surface area contributed by atoms with Crippen molar-refractivity contribution in [2.45, 2.75) is 44.5 Å². The summed E-state index contributed by atoms with van der Waals surface area (Å²) in [6.45, 7) is 2.06. The minimum atomic E-state index is -0.370. The van der Waals surface area contributed by atoms with Gasteiger partial charge in [-0.05, 0) is 47.1 Å². The molecule has 0 aliphatic carbocycles. The van der Waals surface area contributed by atoms with Gasteiger partial charge in [-0.15, -0.1) is 11.3 Å². The Labute approximate surface area is 102 Å². The van der Waals surface area contributed by atoms with Gasteiger partial charge in [0.05, 0.1) is 18.3 Å². The van der Waals surface area contributed by atoms with Crippen molar-refractivity contribution in [1.82, 2.24) is 0 Å². The Morgan fingerprint density at radius 3 is 3.00 bits per heavy atom. The zero-order valence-corrected chi connectivity index (χ0v) is 11.1. The average Bonchev–Trinajstić information content (AvgIpc) is 2.77. The minimum absolute atomic E-state index is 0.0222. The summed E-state index contributed by atoms with van der Waals surface area (Å²) in [5.74, 6) is 0. The van der Waals surface area contributed by atoms with Crippen LogP contribution in [0.3, 0.4) is 0 Å². The molecular formula is C11H15BrO2S. The predicted octanol–water partition coefficient (Wildman–Crippen LogP) is 2.98. The first-order chi connectivity index (χ1) is 7.16. The molecule has 2 rings (SSSR count). The van der Waals surface area contributed by atoms with Crippen molar-refractivity contribution in [2.75, 3.05) is 0 Å². The van der Waals surface area contributed by atoms with Crippen LogP contribution in [-0.4, -0.2) is 23.4 Å². The Kier molecular flexibility index (Phi) is 3.83. The summed E-state index contributed by atoms with van der Waals surface area (Å²) in [4.78, 5) is 1.20. The van der Waals surface area contributed by atoms with Gasteiger partial charge in [-0.2, -0.15) is 0 Å². The molecule has 1 aromatic rings. The zero-order chi connectivity index (χ0) is 10.8. The molecular weight excluding hydrogens is 276 g/mol. The Morgan fingerprint density at radius 1 is 1.67 bits per heavy atom. The van der Waals surface area contributed by atoms with Crippen molar-refractivity contribution < 1.29 is 9.84 Å². The van der Waals surface area contributed by atoms with E-state index in [2.05, 4.69) is 22.9 Å². The molecule has 2 nitrogen and oxygen atoms in total. The molecule has 0 spiro atoms. The molecule has 15 heavy (non-hydrogen) atoms. The van der Waals surface area contributed by atoms with Gasteiger partial charge < -0.3 is 9.84 Å². The van der Waals surface area contributed by atoms with Crippen molar-refractivity contribution in [3.05, 3.63) is 20.8 Å². The summed E-state index contributed by atoms with van der Waals surface area (Å²) in [6, 6.07) is 2.02. The van der Waals surface area contributed by atoms with Crippen molar-refractivity contribution in [2.24, 2.45) is 0 Å². The van der Waals surface area contributed by atoms with Crippen LogP contribution in [-0.2, 0) is 11.2 Å². The molecule has 0 amide bonds. The van der Waals surface area contributed by atoms with E-state index in [0.717, 1.165) is 17.3 Å². The summed E-state index contributed by atoms with van der Waals surface area (Å²) >= 11 is 5.15. The fourth-order valence-electron chi connectivity index (χ4n) is 1.91. The van der Waals surface area contributed by atoms with E-state index in [4.69, 9.17) is 4.74 Å². The minimum Gasteiger partial charge on any atom is -0.390 e. The lowest BCUT2D eigenvalue weighted by molar-refractivity contribution is -0.0276. The maximum atomic E-state index is 10.0. The summed E-state index contributed by atoms with van der Waals surface area (Å²) in [5.41, 5.74) is 0. The summed E-state index contributed by atoms with van der Waals surface area (Å²) in [5, 5.41) is 12.1. The van der Waals surface area contributed by atoms with Crippen LogP contribution in [0.5, 0.6) is 0 Å². The van der Waals surface area contributed by atoms with Gasteiger partial charge in [0, 0.05) is 15.8 Å². The Morgan fingerprint density at radius 2 is 2.47 bits per heavy atom. The standard InChI is InChI=1S/C11H15BrO2S/c1-7-2-3-10(14-7)9(13)6-11-8(12)4-5-15-11/h4-5,7,9-10,13H,2-3,6H2,1H3. The third-order valence-corrected chi connectivity index (χ3v) is 4.73. The quantitative estimate of drug-likeness (QED) is 0.927. The maximum Gasteiger partial charge on any atom is 0.0850 e. The summed E-state index contributed by atoms with van der Waals surface area (Å²) < 4.78 is 6.75. The number of halogens is 1. The maximum absolute atomic E-state index is 10.0. The highest BCUT2D eigenvalue weighted by molar-refractivity contribution is 9.10. The van der Waals surface area contributed by atoms with Crippen LogP contribution in [0.1, 0.15) is 24.6 Å². The first-order valence-electron chi connectivity index (χ1n) is 5.22. The van der Waals surface area contributed by atoms with Crippen LogP contribution in [0.4, 0.5) is 0 Å². The fraction of sp³-hybridized carbons (Fsp3) is 0.636. The molecule has 0 aromatic carbocycles. The average molecular weight is 291 g/mol. The summed E-state index contributed by atoms with van der Waals surface area (Å²) in [6.07, 6.45) is 2.68. The highest BCUT2D eigenvalue weighted by atomic mass is 79.9. The number of hydrogen-bond donors (Lipinski definition) is 1. The molecule has 84 valence electrons. The van der Waals surface area contributed by atoms with E-state index in [1.54, 1.807) is 11.3 Å². The number of hydrogen-bond acceptors (Lipinski definition) is 3. The number of aliphatic hydroxyl groups is 1. The van der Waals surface area contributed by atoms with Crippen LogP contribution >= 0.6 is 27.3 Å². The SMILES string of the molecule is CC1CCC(C(O)Cc2sccc2Br)O1. The van der Waals surface area contributed by atoms with Crippen LogP contribution < -0.4 is 0 Å². The van der Waals surface area contributed by atoms with Gasteiger partial charge in [-0.3, -0.25) is 0 Å². The smallest absolute Gasteiger partial charge is 0.0850 e. The molecule has 0 bridgehead atoms. The van der Waals surface area contributed by atoms with Crippen LogP contribution in [0.15, 0.2) is 15.9 Å². The van der Waals surface area contributed by atoms with Crippen molar-refractivity contribution >= 4 is 27.3 Å². The van der Waals surface area contributed by atoms with Gasteiger partial charge in [0.2, 0.25) is 0 Å². The lowest BCUT2D eigenvalue weighted by Crippen LogP contribution is -2.27. The molecule has 0 radical (unpaired) electrons. The monoisotopic (exact) mass is 290 g/mol. The van der Waals surface area contributed by atoms with Gasteiger partial charge >= 0.3 is 0 Å².